The van der Waals surface area contributed by atoms with Crippen LogP contribution >= 0.6 is 0 Å². The van der Waals surface area contributed by atoms with Crippen molar-refractivity contribution in [3.05, 3.63) is 58.5 Å². The number of nitrogens with zero attached hydrogens (tertiary/aromatic N) is 2. The molecule has 0 saturated heterocycles. The molecule has 0 bridgehead atoms. The number of aromatic carboxylic acids is 1. The number of carboxylic acid groups (broad SMARTS) is 1. The SMILES string of the molecule is COc1ccc2c(c1)c(-c1ccc(C(=O)O)cc1)nc(=O)n2C(C)C. The van der Waals surface area contributed by atoms with Crippen LogP contribution in [0, 0.1) is 0 Å². The van der Waals surface area contributed by atoms with E-state index in [2.05, 4.69) is 4.98 Å². The van der Waals surface area contributed by atoms with Crippen LogP contribution in [-0.4, -0.2) is 27.7 Å². The standard InChI is InChI=1S/C19H18N2O4/c1-11(2)21-16-9-8-14(25-3)10-15(16)17(20-19(21)24)12-4-6-13(7-5-12)18(22)23/h4-11H,1-3H3,(H,22,23). The maximum Gasteiger partial charge on any atom is 0.348 e. The van der Waals surface area contributed by atoms with Crippen molar-refractivity contribution in [2.75, 3.05) is 7.11 Å². The van der Waals surface area contributed by atoms with E-state index in [0.29, 0.717) is 17.0 Å². The van der Waals surface area contributed by atoms with Gasteiger partial charge in [-0.15, -0.1) is 0 Å². The van der Waals surface area contributed by atoms with Gasteiger partial charge in [0.1, 0.15) is 5.75 Å². The molecule has 1 N–H and O–H groups in total. The Kier molecular flexibility index (Phi) is 4.27. The van der Waals surface area contributed by atoms with Gasteiger partial charge in [0.2, 0.25) is 0 Å². The van der Waals surface area contributed by atoms with E-state index in [0.717, 1.165) is 10.9 Å². The lowest BCUT2D eigenvalue weighted by Gasteiger charge is -2.16. The Morgan fingerprint density at radius 1 is 1.16 bits per heavy atom. The Morgan fingerprint density at radius 2 is 1.84 bits per heavy atom. The second-order valence-corrected chi connectivity index (χ2v) is 5.97. The van der Waals surface area contributed by atoms with Crippen LogP contribution in [-0.2, 0) is 0 Å². The van der Waals surface area contributed by atoms with Crippen LogP contribution < -0.4 is 10.4 Å². The smallest absolute Gasteiger partial charge is 0.348 e. The first kappa shape index (κ1) is 16.7. The number of benzene rings is 2. The fourth-order valence-electron chi connectivity index (χ4n) is 2.84. The van der Waals surface area contributed by atoms with Gasteiger partial charge in [-0.25, -0.2) is 9.59 Å². The van der Waals surface area contributed by atoms with Crippen molar-refractivity contribution in [1.82, 2.24) is 9.55 Å². The molecule has 3 rings (SSSR count). The van der Waals surface area contributed by atoms with Crippen molar-refractivity contribution in [2.24, 2.45) is 0 Å². The Hall–Kier alpha value is -3.15. The van der Waals surface area contributed by atoms with Crippen LogP contribution in [0.2, 0.25) is 0 Å². The van der Waals surface area contributed by atoms with Crippen molar-refractivity contribution < 1.29 is 14.6 Å². The van der Waals surface area contributed by atoms with Gasteiger partial charge in [-0.05, 0) is 44.2 Å². The van der Waals surface area contributed by atoms with Crippen LogP contribution in [0.4, 0.5) is 0 Å². The van der Waals surface area contributed by atoms with Crippen LogP contribution in [0.1, 0.15) is 30.2 Å². The number of hydrogen-bond donors (Lipinski definition) is 1. The van der Waals surface area contributed by atoms with Crippen LogP contribution in [0.25, 0.3) is 22.2 Å². The molecule has 0 unspecified atom stereocenters. The first-order chi connectivity index (χ1) is 11.9. The van der Waals surface area contributed by atoms with Crippen LogP contribution in [0.5, 0.6) is 5.75 Å². The van der Waals surface area contributed by atoms with E-state index in [9.17, 15) is 9.59 Å². The first-order valence-electron chi connectivity index (χ1n) is 7.86. The third-order valence-corrected chi connectivity index (χ3v) is 4.05. The zero-order valence-electron chi connectivity index (χ0n) is 14.2. The monoisotopic (exact) mass is 338 g/mol. The van der Waals surface area contributed by atoms with E-state index in [4.69, 9.17) is 9.84 Å². The van der Waals surface area contributed by atoms with Crippen LogP contribution in [0.3, 0.4) is 0 Å². The van der Waals surface area contributed by atoms with Crippen molar-refractivity contribution in [3.8, 4) is 17.0 Å². The zero-order chi connectivity index (χ0) is 18.1. The van der Waals surface area contributed by atoms with Gasteiger partial charge >= 0.3 is 11.7 Å². The lowest BCUT2D eigenvalue weighted by Crippen LogP contribution is -2.25. The molecular formula is C19H18N2O4. The molecule has 1 aromatic heterocycles. The summed E-state index contributed by atoms with van der Waals surface area (Å²) >= 11 is 0. The molecule has 0 saturated carbocycles. The quantitative estimate of drug-likeness (QED) is 0.789. The van der Waals surface area contributed by atoms with E-state index in [-0.39, 0.29) is 17.3 Å². The second kappa shape index (κ2) is 6.39. The molecule has 1 heterocycles. The zero-order valence-corrected chi connectivity index (χ0v) is 14.2. The highest BCUT2D eigenvalue weighted by atomic mass is 16.5. The number of rotatable bonds is 4. The maximum absolute atomic E-state index is 12.5. The normalized spacial score (nSPS) is 11.0. The molecule has 6 nitrogen and oxygen atoms in total. The Morgan fingerprint density at radius 3 is 2.40 bits per heavy atom. The molecular weight excluding hydrogens is 320 g/mol. The molecule has 0 aliphatic carbocycles. The lowest BCUT2D eigenvalue weighted by molar-refractivity contribution is 0.0697. The predicted octanol–water partition coefficient (Wildman–Crippen LogP) is 3.35. The predicted molar refractivity (Wildman–Crippen MR) is 95.3 cm³/mol. The number of fused-ring (bicyclic) bond motifs is 1. The minimum absolute atomic E-state index is 0.0423. The van der Waals surface area contributed by atoms with Gasteiger partial charge in [0, 0.05) is 17.0 Å². The van der Waals surface area contributed by atoms with Gasteiger partial charge in [0.05, 0.1) is 23.9 Å². The average molecular weight is 338 g/mol. The Bertz CT molecular complexity index is 1000. The topological polar surface area (TPSA) is 81.4 Å². The molecule has 6 heteroatoms. The highest BCUT2D eigenvalue weighted by Crippen LogP contribution is 2.29. The van der Waals surface area contributed by atoms with Crippen molar-refractivity contribution in [2.45, 2.75) is 19.9 Å². The molecule has 2 aromatic carbocycles. The summed E-state index contributed by atoms with van der Waals surface area (Å²) in [7, 11) is 1.58. The summed E-state index contributed by atoms with van der Waals surface area (Å²) in [6.45, 7) is 3.85. The molecule has 0 spiro atoms. The minimum Gasteiger partial charge on any atom is -0.497 e. The number of aromatic nitrogens is 2. The molecule has 0 atom stereocenters. The van der Waals surface area contributed by atoms with Crippen molar-refractivity contribution in [3.63, 3.8) is 0 Å². The van der Waals surface area contributed by atoms with Gasteiger partial charge in [0.25, 0.3) is 0 Å². The summed E-state index contributed by atoms with van der Waals surface area (Å²) in [6, 6.07) is 11.7. The van der Waals surface area contributed by atoms with Gasteiger partial charge in [-0.1, -0.05) is 12.1 Å². The summed E-state index contributed by atoms with van der Waals surface area (Å²) in [5, 5.41) is 9.82. The number of hydrogen-bond acceptors (Lipinski definition) is 4. The minimum atomic E-state index is -0.999. The number of carboxylic acids is 1. The molecule has 128 valence electrons. The molecule has 0 fully saturated rings. The van der Waals surface area contributed by atoms with Gasteiger partial charge in [0.15, 0.2) is 0 Å². The van der Waals surface area contributed by atoms with Gasteiger partial charge in [-0.3, -0.25) is 4.57 Å². The largest absolute Gasteiger partial charge is 0.497 e. The van der Waals surface area contributed by atoms with Crippen molar-refractivity contribution >= 4 is 16.9 Å². The van der Waals surface area contributed by atoms with E-state index < -0.39 is 5.97 Å². The Labute approximate surface area is 144 Å². The van der Waals surface area contributed by atoms with E-state index in [1.165, 1.54) is 12.1 Å². The molecule has 3 aromatic rings. The number of ether oxygens (including phenoxy) is 1. The van der Waals surface area contributed by atoms with Gasteiger partial charge in [-0.2, -0.15) is 4.98 Å². The summed E-state index contributed by atoms with van der Waals surface area (Å²) in [6.07, 6.45) is 0. The van der Waals surface area contributed by atoms with E-state index in [1.54, 1.807) is 29.9 Å². The second-order valence-electron chi connectivity index (χ2n) is 5.97. The molecule has 0 radical (unpaired) electrons. The first-order valence-corrected chi connectivity index (χ1v) is 7.86. The lowest BCUT2D eigenvalue weighted by atomic mass is 10.0. The third kappa shape index (κ3) is 2.98. The van der Waals surface area contributed by atoms with Crippen LogP contribution in [0.15, 0.2) is 47.3 Å². The average Bonchev–Trinajstić information content (AvgIpc) is 2.60. The van der Waals surface area contributed by atoms with E-state index in [1.807, 2.05) is 26.0 Å². The van der Waals surface area contributed by atoms with Crippen molar-refractivity contribution in [1.29, 1.82) is 0 Å². The summed E-state index contributed by atoms with van der Waals surface area (Å²) in [5.41, 5.74) is 1.78. The third-order valence-electron chi connectivity index (χ3n) is 4.05. The summed E-state index contributed by atoms with van der Waals surface area (Å²) in [5.74, 6) is -0.340. The van der Waals surface area contributed by atoms with Gasteiger partial charge < -0.3 is 9.84 Å². The summed E-state index contributed by atoms with van der Waals surface area (Å²) < 4.78 is 6.93. The molecule has 25 heavy (non-hydrogen) atoms. The fraction of sp³-hybridized carbons (Fsp3) is 0.211. The number of methoxy groups -OCH3 is 1. The Balaban J connectivity index is 2.32. The molecule has 0 aliphatic heterocycles. The highest BCUT2D eigenvalue weighted by Gasteiger charge is 2.15. The maximum atomic E-state index is 12.5. The fourth-order valence-corrected chi connectivity index (χ4v) is 2.84. The van der Waals surface area contributed by atoms with E-state index >= 15 is 0 Å². The molecule has 0 aliphatic rings. The summed E-state index contributed by atoms with van der Waals surface area (Å²) in [4.78, 5) is 27.8. The number of carbonyl (C=O) groups is 1. The highest BCUT2D eigenvalue weighted by molar-refractivity contribution is 5.94. The molecule has 0 amide bonds.